The maximum Gasteiger partial charge on any atom is 0.328 e. The van der Waals surface area contributed by atoms with Crippen molar-refractivity contribution in [1.82, 2.24) is 16.0 Å². The second-order valence-corrected chi connectivity index (χ2v) is 8.55. The Kier molecular flexibility index (Phi) is 7.40. The maximum atomic E-state index is 12.7. The molecule has 8 heteroatoms. The molecule has 1 heterocycles. The van der Waals surface area contributed by atoms with Crippen molar-refractivity contribution in [3.05, 3.63) is 83.9 Å². The SMILES string of the molecule is COC(=O)[C@H](Cc1ccc2ccccc2c1)NC(=O)C[C@@H]1NC(=O)[C@H](Cc2ccccc2)NC1=O. The van der Waals surface area contributed by atoms with E-state index in [-0.39, 0.29) is 18.7 Å². The van der Waals surface area contributed by atoms with Gasteiger partial charge in [-0.15, -0.1) is 0 Å². The van der Waals surface area contributed by atoms with E-state index in [1.807, 2.05) is 72.8 Å². The lowest BCUT2D eigenvalue weighted by molar-refractivity contribution is -0.145. The first-order chi connectivity index (χ1) is 16.9. The van der Waals surface area contributed by atoms with Crippen LogP contribution in [0.3, 0.4) is 0 Å². The molecule has 0 bridgehead atoms. The third-order valence-electron chi connectivity index (χ3n) is 6.01. The van der Waals surface area contributed by atoms with Crippen LogP contribution in [0.1, 0.15) is 17.5 Å². The van der Waals surface area contributed by atoms with Gasteiger partial charge in [0.2, 0.25) is 17.7 Å². The van der Waals surface area contributed by atoms with Gasteiger partial charge in [-0.3, -0.25) is 14.4 Å². The zero-order valence-corrected chi connectivity index (χ0v) is 19.3. The molecule has 0 aliphatic carbocycles. The fourth-order valence-corrected chi connectivity index (χ4v) is 4.19. The molecule has 1 aliphatic rings. The van der Waals surface area contributed by atoms with Gasteiger partial charge in [-0.1, -0.05) is 72.8 Å². The third kappa shape index (κ3) is 6.03. The van der Waals surface area contributed by atoms with Crippen LogP contribution in [0.25, 0.3) is 10.8 Å². The van der Waals surface area contributed by atoms with Gasteiger partial charge in [0.1, 0.15) is 18.1 Å². The summed E-state index contributed by atoms with van der Waals surface area (Å²) in [5, 5.41) is 10.1. The summed E-state index contributed by atoms with van der Waals surface area (Å²) in [6, 6.07) is 20.3. The highest BCUT2D eigenvalue weighted by Crippen LogP contribution is 2.17. The predicted octanol–water partition coefficient (Wildman–Crippen LogP) is 1.66. The Bertz CT molecular complexity index is 1240. The summed E-state index contributed by atoms with van der Waals surface area (Å²) in [5.74, 6) is -1.92. The Morgan fingerprint density at radius 2 is 1.51 bits per heavy atom. The number of hydrogen-bond donors (Lipinski definition) is 3. The van der Waals surface area contributed by atoms with Crippen LogP contribution in [0.5, 0.6) is 0 Å². The topological polar surface area (TPSA) is 114 Å². The minimum absolute atomic E-state index is 0.228. The number of hydrogen-bond acceptors (Lipinski definition) is 5. The van der Waals surface area contributed by atoms with Crippen LogP contribution in [0.15, 0.2) is 72.8 Å². The van der Waals surface area contributed by atoms with E-state index in [1.165, 1.54) is 7.11 Å². The normalized spacial score (nSPS) is 18.3. The summed E-state index contributed by atoms with van der Waals surface area (Å²) in [6.07, 6.45) is 0.292. The summed E-state index contributed by atoms with van der Waals surface area (Å²) >= 11 is 0. The Morgan fingerprint density at radius 3 is 2.26 bits per heavy atom. The van der Waals surface area contributed by atoms with E-state index in [1.54, 1.807) is 0 Å². The standard InChI is InChI=1S/C27H27N3O5/c1-35-27(34)23(15-18-11-12-19-9-5-6-10-20(19)13-18)28-24(31)16-22-26(33)29-21(25(32)30-22)14-17-7-3-2-4-8-17/h2-13,21-23H,14-16H2,1H3,(H,28,31)(H,29,33)(H,30,32)/t21-,22-,23-/m0/s1. The molecule has 1 saturated heterocycles. The number of methoxy groups -OCH3 is 1. The lowest BCUT2D eigenvalue weighted by Gasteiger charge is -2.29. The molecule has 0 saturated carbocycles. The number of fused-ring (bicyclic) bond motifs is 1. The van der Waals surface area contributed by atoms with E-state index in [2.05, 4.69) is 16.0 Å². The Hall–Kier alpha value is -4.20. The molecule has 35 heavy (non-hydrogen) atoms. The Balaban J connectivity index is 1.37. The van der Waals surface area contributed by atoms with Gasteiger partial charge in [0.25, 0.3) is 0 Å². The largest absolute Gasteiger partial charge is 0.467 e. The van der Waals surface area contributed by atoms with Crippen LogP contribution >= 0.6 is 0 Å². The van der Waals surface area contributed by atoms with Gasteiger partial charge >= 0.3 is 5.97 Å². The first-order valence-corrected chi connectivity index (χ1v) is 11.4. The summed E-state index contributed by atoms with van der Waals surface area (Å²) in [4.78, 5) is 50.2. The van der Waals surface area contributed by atoms with Crippen molar-refractivity contribution < 1.29 is 23.9 Å². The van der Waals surface area contributed by atoms with E-state index in [4.69, 9.17) is 4.74 Å². The molecule has 0 unspecified atom stereocenters. The molecule has 3 aromatic rings. The van der Waals surface area contributed by atoms with Crippen molar-refractivity contribution in [3.63, 3.8) is 0 Å². The fourth-order valence-electron chi connectivity index (χ4n) is 4.19. The number of benzene rings is 3. The van der Waals surface area contributed by atoms with Gasteiger partial charge in [-0.2, -0.15) is 0 Å². The first kappa shape index (κ1) is 23.9. The average molecular weight is 474 g/mol. The molecule has 3 atom stereocenters. The number of amides is 3. The number of esters is 1. The minimum Gasteiger partial charge on any atom is -0.467 e. The lowest BCUT2D eigenvalue weighted by Crippen LogP contribution is -2.63. The van der Waals surface area contributed by atoms with E-state index < -0.39 is 35.9 Å². The van der Waals surface area contributed by atoms with Crippen LogP contribution < -0.4 is 16.0 Å². The molecule has 0 aromatic heterocycles. The second-order valence-electron chi connectivity index (χ2n) is 8.55. The molecule has 180 valence electrons. The van der Waals surface area contributed by atoms with E-state index in [9.17, 15) is 19.2 Å². The van der Waals surface area contributed by atoms with Crippen molar-refractivity contribution in [2.24, 2.45) is 0 Å². The lowest BCUT2D eigenvalue weighted by atomic mass is 10.00. The van der Waals surface area contributed by atoms with E-state index in [0.29, 0.717) is 6.42 Å². The van der Waals surface area contributed by atoms with Crippen molar-refractivity contribution in [2.45, 2.75) is 37.4 Å². The van der Waals surface area contributed by atoms with Gasteiger partial charge in [-0.25, -0.2) is 4.79 Å². The highest BCUT2D eigenvalue weighted by atomic mass is 16.5. The molecular formula is C27H27N3O5. The van der Waals surface area contributed by atoms with Gasteiger partial charge in [-0.05, 0) is 21.9 Å². The smallest absolute Gasteiger partial charge is 0.328 e. The molecule has 1 fully saturated rings. The van der Waals surface area contributed by atoms with E-state index in [0.717, 1.165) is 21.9 Å². The van der Waals surface area contributed by atoms with Crippen molar-refractivity contribution in [2.75, 3.05) is 7.11 Å². The number of rotatable bonds is 8. The van der Waals surface area contributed by atoms with Gasteiger partial charge < -0.3 is 20.7 Å². The Labute approximate surface area is 203 Å². The predicted molar refractivity (Wildman–Crippen MR) is 130 cm³/mol. The van der Waals surface area contributed by atoms with Gasteiger partial charge in [0.05, 0.1) is 13.5 Å². The molecule has 0 spiro atoms. The summed E-state index contributed by atoms with van der Waals surface area (Å²) in [6.45, 7) is 0. The maximum absolute atomic E-state index is 12.7. The van der Waals surface area contributed by atoms with Crippen LogP contribution in [-0.4, -0.2) is 48.9 Å². The molecule has 8 nitrogen and oxygen atoms in total. The van der Waals surface area contributed by atoms with Crippen LogP contribution in [0, 0.1) is 0 Å². The van der Waals surface area contributed by atoms with Crippen molar-refractivity contribution in [3.8, 4) is 0 Å². The average Bonchev–Trinajstić information content (AvgIpc) is 2.86. The molecule has 1 aliphatic heterocycles. The summed E-state index contributed by atoms with van der Waals surface area (Å²) in [7, 11) is 1.25. The summed E-state index contributed by atoms with van der Waals surface area (Å²) < 4.78 is 4.87. The molecule has 3 N–H and O–H groups in total. The summed E-state index contributed by atoms with van der Waals surface area (Å²) in [5.41, 5.74) is 1.77. The number of nitrogens with one attached hydrogen (secondary N) is 3. The molecule has 3 amide bonds. The first-order valence-electron chi connectivity index (χ1n) is 11.4. The highest BCUT2D eigenvalue weighted by molar-refractivity contribution is 5.99. The number of carbonyl (C=O) groups excluding carboxylic acids is 4. The van der Waals surface area contributed by atoms with E-state index >= 15 is 0 Å². The second kappa shape index (κ2) is 10.8. The van der Waals surface area contributed by atoms with Crippen LogP contribution in [-0.2, 0) is 36.8 Å². The zero-order chi connectivity index (χ0) is 24.8. The quantitative estimate of drug-likeness (QED) is 0.431. The van der Waals surface area contributed by atoms with Gasteiger partial charge in [0.15, 0.2) is 0 Å². The van der Waals surface area contributed by atoms with Gasteiger partial charge in [0, 0.05) is 12.8 Å². The zero-order valence-electron chi connectivity index (χ0n) is 19.3. The molecule has 4 rings (SSSR count). The molecule has 0 radical (unpaired) electrons. The van der Waals surface area contributed by atoms with Crippen LogP contribution in [0.4, 0.5) is 0 Å². The number of carbonyl (C=O) groups is 4. The Morgan fingerprint density at radius 1 is 0.857 bits per heavy atom. The highest BCUT2D eigenvalue weighted by Gasteiger charge is 2.35. The number of piperazine rings is 1. The monoisotopic (exact) mass is 473 g/mol. The third-order valence-corrected chi connectivity index (χ3v) is 6.01. The van der Waals surface area contributed by atoms with Crippen molar-refractivity contribution >= 4 is 34.5 Å². The minimum atomic E-state index is -1.02. The molecular weight excluding hydrogens is 446 g/mol. The van der Waals surface area contributed by atoms with Crippen LogP contribution in [0.2, 0.25) is 0 Å². The fraction of sp³-hybridized carbons (Fsp3) is 0.259. The molecule has 3 aromatic carbocycles. The number of ether oxygens (including phenoxy) is 1. The van der Waals surface area contributed by atoms with Crippen molar-refractivity contribution in [1.29, 1.82) is 0 Å².